The van der Waals surface area contributed by atoms with Gasteiger partial charge in [0.15, 0.2) is 17.5 Å². The first-order chi connectivity index (χ1) is 14.1. The van der Waals surface area contributed by atoms with Crippen molar-refractivity contribution in [1.29, 1.82) is 0 Å². The Morgan fingerprint density at radius 3 is 2.93 bits per heavy atom. The number of fused-ring (bicyclic) bond motifs is 1. The largest absolute Gasteiger partial charge is 0.365 e. The van der Waals surface area contributed by atoms with Crippen LogP contribution in [0, 0.1) is 5.82 Å². The van der Waals surface area contributed by atoms with Crippen molar-refractivity contribution in [2.24, 2.45) is 0 Å². The van der Waals surface area contributed by atoms with E-state index < -0.39 is 5.82 Å². The topological polar surface area (TPSA) is 90.5 Å². The van der Waals surface area contributed by atoms with Gasteiger partial charge < -0.3 is 20.9 Å². The van der Waals surface area contributed by atoms with Crippen molar-refractivity contribution >= 4 is 28.5 Å². The molecule has 0 radical (unpaired) electrons. The Bertz CT molecular complexity index is 977. The third-order valence-corrected chi connectivity index (χ3v) is 5.51. The highest BCUT2D eigenvalue weighted by molar-refractivity contribution is 6.31. The molecule has 29 heavy (non-hydrogen) atoms. The summed E-state index contributed by atoms with van der Waals surface area (Å²) >= 11 is 6.08. The summed E-state index contributed by atoms with van der Waals surface area (Å²) in [6.07, 6.45) is 8.74. The molecule has 9 heteroatoms. The molecular weight excluding hydrogens is 393 g/mol. The van der Waals surface area contributed by atoms with Gasteiger partial charge in [0.25, 0.3) is 0 Å². The van der Waals surface area contributed by atoms with Gasteiger partial charge in [0.1, 0.15) is 5.65 Å². The number of nitrogens with zero attached hydrogens (tertiary/aromatic N) is 3. The Morgan fingerprint density at radius 1 is 1.21 bits per heavy atom. The molecule has 4 rings (SSSR count). The second-order valence-corrected chi connectivity index (χ2v) is 7.84. The second kappa shape index (κ2) is 9.02. The first-order valence-electron chi connectivity index (χ1n) is 9.94. The zero-order chi connectivity index (χ0) is 20.2. The maximum atomic E-state index is 14.4. The summed E-state index contributed by atoms with van der Waals surface area (Å²) in [6, 6.07) is 2.41. The van der Waals surface area contributed by atoms with Crippen molar-refractivity contribution in [3.63, 3.8) is 0 Å². The fourth-order valence-corrected chi connectivity index (χ4v) is 4.02. The number of halogens is 2. The molecule has 1 saturated carbocycles. The van der Waals surface area contributed by atoms with Gasteiger partial charge in [-0.2, -0.15) is 0 Å². The van der Waals surface area contributed by atoms with Crippen LogP contribution < -0.4 is 16.0 Å². The average molecular weight is 418 g/mol. The van der Waals surface area contributed by atoms with E-state index >= 15 is 0 Å². The normalized spacial score (nSPS) is 19.6. The van der Waals surface area contributed by atoms with Crippen LogP contribution in [0.25, 0.3) is 22.4 Å². The Labute approximate surface area is 173 Å². The van der Waals surface area contributed by atoms with E-state index in [2.05, 4.69) is 35.9 Å². The number of H-pyrrole nitrogens is 1. The molecule has 0 amide bonds. The molecule has 0 aliphatic heterocycles. The number of nitrogens with one attached hydrogen (secondary N) is 4. The van der Waals surface area contributed by atoms with Gasteiger partial charge in [0.2, 0.25) is 0 Å². The van der Waals surface area contributed by atoms with Crippen LogP contribution >= 0.6 is 11.6 Å². The van der Waals surface area contributed by atoms with Gasteiger partial charge in [-0.1, -0.05) is 11.6 Å². The minimum absolute atomic E-state index is 0.173. The van der Waals surface area contributed by atoms with Crippen molar-refractivity contribution in [2.75, 3.05) is 25.5 Å². The number of aromatic amines is 1. The second-order valence-electron chi connectivity index (χ2n) is 7.40. The molecule has 3 aromatic heterocycles. The predicted octanol–water partition coefficient (Wildman–Crippen LogP) is 3.34. The van der Waals surface area contributed by atoms with Crippen LogP contribution in [-0.4, -0.2) is 52.2 Å². The van der Waals surface area contributed by atoms with Crippen LogP contribution in [-0.2, 0) is 0 Å². The number of hydrogen-bond acceptors (Lipinski definition) is 6. The molecule has 3 aromatic rings. The molecule has 7 nitrogen and oxygen atoms in total. The van der Waals surface area contributed by atoms with Gasteiger partial charge in [-0.05, 0) is 38.8 Å². The maximum absolute atomic E-state index is 14.4. The lowest BCUT2D eigenvalue weighted by molar-refractivity contribution is 0.351. The zero-order valence-corrected chi connectivity index (χ0v) is 17.1. The lowest BCUT2D eigenvalue weighted by Crippen LogP contribution is -2.41. The summed E-state index contributed by atoms with van der Waals surface area (Å²) in [4.78, 5) is 16.0. The average Bonchev–Trinajstić information content (AvgIpc) is 3.13. The van der Waals surface area contributed by atoms with E-state index in [-0.39, 0.29) is 11.9 Å². The molecule has 4 N–H and O–H groups in total. The molecule has 2 atom stereocenters. The van der Waals surface area contributed by atoms with Crippen molar-refractivity contribution in [2.45, 2.75) is 37.8 Å². The van der Waals surface area contributed by atoms with Crippen molar-refractivity contribution in [3.8, 4) is 11.4 Å². The Balaban J connectivity index is 1.52. The summed E-state index contributed by atoms with van der Waals surface area (Å²) < 4.78 is 14.4. The van der Waals surface area contributed by atoms with Crippen LogP contribution in [0.3, 0.4) is 0 Å². The SMILES string of the molecule is CNCCN[C@@H]1CCCC(Nc2nc(-c3c[nH]c4ncc(Cl)cc34)ncc2F)C1. The number of anilines is 1. The molecule has 0 bridgehead atoms. The highest BCUT2D eigenvalue weighted by atomic mass is 35.5. The third-order valence-electron chi connectivity index (χ3n) is 5.31. The molecule has 1 aliphatic rings. The molecule has 3 heterocycles. The minimum Gasteiger partial charge on any atom is -0.365 e. The molecule has 1 unspecified atom stereocenters. The molecule has 0 saturated heterocycles. The summed E-state index contributed by atoms with van der Waals surface area (Å²) in [7, 11) is 1.94. The highest BCUT2D eigenvalue weighted by Gasteiger charge is 2.23. The number of aromatic nitrogens is 4. The van der Waals surface area contributed by atoms with Crippen molar-refractivity contribution in [1.82, 2.24) is 30.6 Å². The van der Waals surface area contributed by atoms with Gasteiger partial charge in [-0.15, -0.1) is 0 Å². The Kier molecular flexibility index (Phi) is 6.22. The molecule has 154 valence electrons. The molecule has 0 aromatic carbocycles. The fourth-order valence-electron chi connectivity index (χ4n) is 3.86. The van der Waals surface area contributed by atoms with E-state index in [1.165, 1.54) is 6.20 Å². The van der Waals surface area contributed by atoms with Crippen LogP contribution in [0.1, 0.15) is 25.7 Å². The van der Waals surface area contributed by atoms with E-state index in [4.69, 9.17) is 11.6 Å². The number of hydrogen-bond donors (Lipinski definition) is 4. The van der Waals surface area contributed by atoms with Gasteiger partial charge in [0, 0.05) is 48.5 Å². The monoisotopic (exact) mass is 417 g/mol. The van der Waals surface area contributed by atoms with Gasteiger partial charge in [0.05, 0.1) is 11.2 Å². The summed E-state index contributed by atoms with van der Waals surface area (Å²) in [6.45, 7) is 1.86. The van der Waals surface area contributed by atoms with E-state index in [1.54, 1.807) is 18.5 Å². The Morgan fingerprint density at radius 2 is 2.07 bits per heavy atom. The van der Waals surface area contributed by atoms with Crippen LogP contribution in [0.4, 0.5) is 10.2 Å². The number of rotatable bonds is 7. The van der Waals surface area contributed by atoms with E-state index in [1.807, 2.05) is 7.05 Å². The van der Waals surface area contributed by atoms with Crippen LogP contribution in [0.5, 0.6) is 0 Å². The fraction of sp³-hybridized carbons (Fsp3) is 0.450. The standard InChI is InChI=1S/C20H25ClFN7/c1-23-5-6-24-13-3-2-4-14(8-13)28-20-17(22)11-27-19(29-20)16-10-26-18-15(16)7-12(21)9-25-18/h7,9-11,13-14,23-24H,2-6,8H2,1H3,(H,25,26)(H,27,28,29)/t13-,14?/m1/s1. The lowest BCUT2D eigenvalue weighted by atomic mass is 9.91. The van der Waals surface area contributed by atoms with Crippen LogP contribution in [0.15, 0.2) is 24.7 Å². The van der Waals surface area contributed by atoms with Gasteiger partial charge in [-0.3, -0.25) is 0 Å². The third kappa shape index (κ3) is 4.66. The van der Waals surface area contributed by atoms with E-state index in [0.717, 1.165) is 49.7 Å². The molecule has 0 spiro atoms. The number of likely N-dealkylation sites (N-methyl/N-ethyl adjacent to an activating group) is 1. The smallest absolute Gasteiger partial charge is 0.183 e. The van der Waals surface area contributed by atoms with Crippen molar-refractivity contribution in [3.05, 3.63) is 35.5 Å². The van der Waals surface area contributed by atoms with E-state index in [9.17, 15) is 4.39 Å². The predicted molar refractivity (Wildman–Crippen MR) is 114 cm³/mol. The zero-order valence-electron chi connectivity index (χ0n) is 16.3. The van der Waals surface area contributed by atoms with Crippen LogP contribution in [0.2, 0.25) is 5.02 Å². The summed E-state index contributed by atoms with van der Waals surface area (Å²) in [5.41, 5.74) is 1.43. The van der Waals surface area contributed by atoms with Gasteiger partial charge in [-0.25, -0.2) is 19.3 Å². The lowest BCUT2D eigenvalue weighted by Gasteiger charge is -2.31. The van der Waals surface area contributed by atoms with E-state index in [0.29, 0.717) is 22.5 Å². The quantitative estimate of drug-likeness (QED) is 0.441. The molecular formula is C20H25ClFN7. The minimum atomic E-state index is -0.449. The number of pyridine rings is 1. The first kappa shape index (κ1) is 20.0. The van der Waals surface area contributed by atoms with Gasteiger partial charge >= 0.3 is 0 Å². The highest BCUT2D eigenvalue weighted by Crippen LogP contribution is 2.29. The van der Waals surface area contributed by atoms with Crippen molar-refractivity contribution < 1.29 is 4.39 Å². The Hall–Kier alpha value is -2.29. The molecule has 1 aliphatic carbocycles. The first-order valence-corrected chi connectivity index (χ1v) is 10.3. The summed E-state index contributed by atoms with van der Waals surface area (Å²) in [5, 5.41) is 11.3. The molecule has 1 fully saturated rings. The maximum Gasteiger partial charge on any atom is 0.183 e. The summed E-state index contributed by atoms with van der Waals surface area (Å²) in [5.74, 6) is 0.221.